The minimum absolute atomic E-state index is 0.0742. The minimum Gasteiger partial charge on any atom is -0.468 e. The van der Waals surface area contributed by atoms with Gasteiger partial charge in [-0.25, -0.2) is 0 Å². The Labute approximate surface area is 105 Å². The van der Waals surface area contributed by atoms with Gasteiger partial charge < -0.3 is 4.74 Å². The first-order valence-electron chi connectivity index (χ1n) is 7.10. The number of rotatable bonds is 5. The molecule has 0 heterocycles. The second-order valence-electron chi connectivity index (χ2n) is 5.59. The number of methoxy groups -OCH3 is 1. The van der Waals surface area contributed by atoms with Crippen LogP contribution in [0.2, 0.25) is 0 Å². The third-order valence-corrected chi connectivity index (χ3v) is 4.37. The van der Waals surface area contributed by atoms with Gasteiger partial charge in [-0.3, -0.25) is 9.69 Å². The maximum Gasteiger partial charge on any atom is 0.319 e. The van der Waals surface area contributed by atoms with Gasteiger partial charge in [0.05, 0.1) is 13.7 Å². The molecule has 0 spiro atoms. The number of carbonyl (C=O) groups excluding carboxylic acids is 1. The molecule has 0 radical (unpaired) electrons. The van der Waals surface area contributed by atoms with Crippen LogP contribution in [-0.4, -0.2) is 37.1 Å². The molecule has 2 aliphatic carbocycles. The van der Waals surface area contributed by atoms with Gasteiger partial charge >= 0.3 is 5.97 Å². The van der Waals surface area contributed by atoms with Gasteiger partial charge in [-0.1, -0.05) is 25.7 Å². The van der Waals surface area contributed by atoms with E-state index in [4.69, 9.17) is 4.74 Å². The molecular weight excluding hydrogens is 214 g/mol. The van der Waals surface area contributed by atoms with Crippen LogP contribution in [0.1, 0.15) is 51.4 Å². The summed E-state index contributed by atoms with van der Waals surface area (Å²) in [5.74, 6) is 0.746. The second-order valence-corrected chi connectivity index (χ2v) is 5.59. The smallest absolute Gasteiger partial charge is 0.319 e. The monoisotopic (exact) mass is 239 g/mol. The molecule has 0 aromatic heterocycles. The zero-order chi connectivity index (χ0) is 12.1. The third kappa shape index (κ3) is 3.70. The Hall–Kier alpha value is -0.570. The molecule has 0 bridgehead atoms. The predicted octanol–water partition coefficient (Wildman–Crippen LogP) is 2.59. The third-order valence-electron chi connectivity index (χ3n) is 4.37. The summed E-state index contributed by atoms with van der Waals surface area (Å²) in [4.78, 5) is 13.9. The van der Waals surface area contributed by atoms with Crippen LogP contribution in [0.3, 0.4) is 0 Å². The summed E-state index contributed by atoms with van der Waals surface area (Å²) in [5.41, 5.74) is 0. The average molecular weight is 239 g/mol. The van der Waals surface area contributed by atoms with Crippen LogP contribution < -0.4 is 0 Å². The highest BCUT2D eigenvalue weighted by Gasteiger charge is 2.27. The van der Waals surface area contributed by atoms with Crippen LogP contribution in [0.4, 0.5) is 0 Å². The van der Waals surface area contributed by atoms with Crippen molar-refractivity contribution in [1.82, 2.24) is 4.90 Å². The van der Waals surface area contributed by atoms with Crippen LogP contribution in [0.25, 0.3) is 0 Å². The molecule has 0 N–H and O–H groups in total. The molecule has 2 aliphatic rings. The molecule has 0 unspecified atom stereocenters. The Morgan fingerprint density at radius 3 is 2.29 bits per heavy atom. The van der Waals surface area contributed by atoms with Crippen LogP contribution in [-0.2, 0) is 9.53 Å². The predicted molar refractivity (Wildman–Crippen MR) is 67.8 cm³/mol. The second kappa shape index (κ2) is 6.39. The van der Waals surface area contributed by atoms with Crippen molar-refractivity contribution < 1.29 is 9.53 Å². The molecule has 0 saturated heterocycles. The summed E-state index contributed by atoms with van der Waals surface area (Å²) in [6.45, 7) is 1.61. The summed E-state index contributed by atoms with van der Waals surface area (Å²) >= 11 is 0. The lowest BCUT2D eigenvalue weighted by atomic mass is 10.1. The van der Waals surface area contributed by atoms with E-state index in [0.29, 0.717) is 12.6 Å². The van der Waals surface area contributed by atoms with Gasteiger partial charge in [-0.15, -0.1) is 0 Å². The van der Waals surface area contributed by atoms with Crippen molar-refractivity contribution in [2.24, 2.45) is 5.92 Å². The van der Waals surface area contributed by atoms with Gasteiger partial charge in [-0.05, 0) is 31.6 Å². The summed E-state index contributed by atoms with van der Waals surface area (Å²) in [6.07, 6.45) is 10.6. The normalized spacial score (nSPS) is 22.5. The van der Waals surface area contributed by atoms with Crippen molar-refractivity contribution in [2.45, 2.75) is 57.4 Å². The Kier molecular flexibility index (Phi) is 4.84. The molecule has 3 heteroatoms. The molecule has 2 fully saturated rings. The lowest BCUT2D eigenvalue weighted by Crippen LogP contribution is -2.40. The summed E-state index contributed by atoms with van der Waals surface area (Å²) in [6, 6.07) is 0.634. The van der Waals surface area contributed by atoms with Crippen molar-refractivity contribution in [3.05, 3.63) is 0 Å². The van der Waals surface area contributed by atoms with E-state index in [1.54, 1.807) is 0 Å². The standard InChI is InChI=1S/C14H25NO2/c1-17-14(16)11-15(13-8-4-5-9-13)10-12-6-2-3-7-12/h12-13H,2-11H2,1H3. The van der Waals surface area contributed by atoms with E-state index in [9.17, 15) is 4.79 Å². The molecule has 0 amide bonds. The number of ether oxygens (including phenoxy) is 1. The van der Waals surface area contributed by atoms with Crippen LogP contribution in [0, 0.1) is 5.92 Å². The van der Waals surface area contributed by atoms with E-state index in [1.807, 2.05) is 0 Å². The lowest BCUT2D eigenvalue weighted by Gasteiger charge is -2.30. The van der Waals surface area contributed by atoms with Gasteiger partial charge in [0, 0.05) is 12.6 Å². The quantitative estimate of drug-likeness (QED) is 0.691. The SMILES string of the molecule is COC(=O)CN(CC1CCCC1)C1CCCC1. The minimum atomic E-state index is -0.0742. The Morgan fingerprint density at radius 1 is 1.12 bits per heavy atom. The Bertz CT molecular complexity index is 243. The van der Waals surface area contributed by atoms with Crippen molar-refractivity contribution in [3.63, 3.8) is 0 Å². The number of nitrogens with zero attached hydrogens (tertiary/aromatic N) is 1. The lowest BCUT2D eigenvalue weighted by molar-refractivity contribution is -0.142. The molecule has 0 aromatic rings. The van der Waals surface area contributed by atoms with Gasteiger partial charge in [0.25, 0.3) is 0 Å². The molecule has 17 heavy (non-hydrogen) atoms. The van der Waals surface area contributed by atoms with Crippen molar-refractivity contribution in [2.75, 3.05) is 20.2 Å². The highest BCUT2D eigenvalue weighted by Crippen LogP contribution is 2.29. The highest BCUT2D eigenvalue weighted by atomic mass is 16.5. The highest BCUT2D eigenvalue weighted by molar-refractivity contribution is 5.71. The molecular formula is C14H25NO2. The molecule has 0 aliphatic heterocycles. The van der Waals surface area contributed by atoms with Crippen LogP contribution >= 0.6 is 0 Å². The number of hydrogen-bond acceptors (Lipinski definition) is 3. The molecule has 0 aromatic carbocycles. The van der Waals surface area contributed by atoms with Gasteiger partial charge in [0.1, 0.15) is 0 Å². The molecule has 2 rings (SSSR count). The first-order chi connectivity index (χ1) is 8.29. The van der Waals surface area contributed by atoms with E-state index < -0.39 is 0 Å². The Balaban J connectivity index is 1.87. The summed E-state index contributed by atoms with van der Waals surface area (Å²) in [5, 5.41) is 0. The largest absolute Gasteiger partial charge is 0.468 e. The number of carbonyl (C=O) groups is 1. The molecule has 3 nitrogen and oxygen atoms in total. The van der Waals surface area contributed by atoms with Gasteiger partial charge in [0.15, 0.2) is 0 Å². The Morgan fingerprint density at radius 2 is 1.71 bits per heavy atom. The molecule has 2 saturated carbocycles. The molecule has 0 atom stereocenters. The average Bonchev–Trinajstić information content (AvgIpc) is 3.00. The fraction of sp³-hybridized carbons (Fsp3) is 0.929. The van der Waals surface area contributed by atoms with Crippen LogP contribution in [0.15, 0.2) is 0 Å². The topological polar surface area (TPSA) is 29.5 Å². The van der Waals surface area contributed by atoms with E-state index >= 15 is 0 Å². The summed E-state index contributed by atoms with van der Waals surface area (Å²) in [7, 11) is 1.49. The first-order valence-corrected chi connectivity index (χ1v) is 7.10. The van der Waals surface area contributed by atoms with Crippen LogP contribution in [0.5, 0.6) is 0 Å². The summed E-state index contributed by atoms with van der Waals surface area (Å²) < 4.78 is 4.82. The van der Waals surface area contributed by atoms with Crippen molar-refractivity contribution >= 4 is 5.97 Å². The number of hydrogen-bond donors (Lipinski definition) is 0. The zero-order valence-electron chi connectivity index (χ0n) is 11.0. The van der Waals surface area contributed by atoms with Crippen molar-refractivity contribution in [3.8, 4) is 0 Å². The van der Waals surface area contributed by atoms with E-state index in [2.05, 4.69) is 4.90 Å². The van der Waals surface area contributed by atoms with E-state index in [-0.39, 0.29) is 5.97 Å². The number of esters is 1. The first kappa shape index (κ1) is 12.9. The fourth-order valence-electron chi connectivity index (χ4n) is 3.37. The van der Waals surface area contributed by atoms with Gasteiger partial charge in [0.2, 0.25) is 0 Å². The maximum atomic E-state index is 11.5. The maximum absolute atomic E-state index is 11.5. The van der Waals surface area contributed by atoms with Crippen molar-refractivity contribution in [1.29, 1.82) is 0 Å². The van der Waals surface area contributed by atoms with E-state index in [1.165, 1.54) is 58.5 Å². The van der Waals surface area contributed by atoms with Gasteiger partial charge in [-0.2, -0.15) is 0 Å². The fourth-order valence-corrected chi connectivity index (χ4v) is 3.37. The van der Waals surface area contributed by atoms with E-state index in [0.717, 1.165) is 12.5 Å². The zero-order valence-corrected chi connectivity index (χ0v) is 11.0. The molecule has 98 valence electrons.